The number of phenols is 1. The van der Waals surface area contributed by atoms with Crippen molar-refractivity contribution >= 4 is 10.8 Å². The molecule has 2 aromatic carbocycles. The summed E-state index contributed by atoms with van der Waals surface area (Å²) in [6, 6.07) is 12.0. The van der Waals surface area contributed by atoms with E-state index in [9.17, 15) is 5.11 Å². The minimum atomic E-state index is 0.283. The maximum Gasteiger partial charge on any atom is 0.125 e. The van der Waals surface area contributed by atoms with Crippen molar-refractivity contribution in [3.8, 4) is 5.75 Å². The predicted molar refractivity (Wildman–Crippen MR) is 80.0 cm³/mol. The lowest BCUT2D eigenvalue weighted by atomic mass is 10.0. The first-order valence-corrected chi connectivity index (χ1v) is 7.32. The van der Waals surface area contributed by atoms with Crippen molar-refractivity contribution in [3.05, 3.63) is 42.0 Å². The molecule has 0 aromatic heterocycles. The fraction of sp³-hybridized carbons (Fsp3) is 0.412. The van der Waals surface area contributed by atoms with Crippen LogP contribution in [0.15, 0.2) is 36.4 Å². The monoisotopic (exact) mass is 272 g/mol. The van der Waals surface area contributed by atoms with Gasteiger partial charge in [-0.2, -0.15) is 0 Å². The van der Waals surface area contributed by atoms with Crippen LogP contribution < -0.4 is 4.90 Å². The average molecular weight is 272 g/mol. The molecule has 0 amide bonds. The Morgan fingerprint density at radius 2 is 1.80 bits per heavy atom. The number of quaternary nitrogens is 1. The highest BCUT2D eigenvalue weighted by Crippen LogP contribution is 2.26. The van der Waals surface area contributed by atoms with Crippen molar-refractivity contribution < 1.29 is 14.7 Å². The number of morpholine rings is 1. The normalized spacial score (nSPS) is 26.8. The van der Waals surface area contributed by atoms with Gasteiger partial charge in [0.25, 0.3) is 0 Å². The van der Waals surface area contributed by atoms with Gasteiger partial charge >= 0.3 is 0 Å². The summed E-state index contributed by atoms with van der Waals surface area (Å²) in [5.74, 6) is 0.406. The largest absolute Gasteiger partial charge is 0.507 e. The highest BCUT2D eigenvalue weighted by atomic mass is 16.5. The fourth-order valence-electron chi connectivity index (χ4n) is 3.29. The molecule has 3 atom stereocenters. The third-order valence-electron chi connectivity index (χ3n) is 4.06. The third-order valence-corrected chi connectivity index (χ3v) is 4.06. The molecular formula is C17H22NO2+. The molecule has 3 rings (SSSR count). The number of fused-ring (bicyclic) bond motifs is 1. The summed E-state index contributed by atoms with van der Waals surface area (Å²) in [4.78, 5) is 1.47. The Kier molecular flexibility index (Phi) is 3.64. The van der Waals surface area contributed by atoms with Gasteiger partial charge in [-0.15, -0.1) is 0 Å². The van der Waals surface area contributed by atoms with Gasteiger partial charge in [-0.25, -0.2) is 0 Å². The van der Waals surface area contributed by atoms with E-state index in [1.807, 2.05) is 24.3 Å². The standard InChI is InChI=1S/C17H21NO2/c1-12-9-18(10-13(2)20-12)11-16-15-6-4-3-5-14(15)7-8-17(16)19/h3-8,12-13,19H,9-11H2,1-2H3/p+1/t12-,13+. The fourth-order valence-corrected chi connectivity index (χ4v) is 3.29. The average Bonchev–Trinajstić information content (AvgIpc) is 2.41. The molecule has 2 N–H and O–H groups in total. The van der Waals surface area contributed by atoms with Gasteiger partial charge in [0.2, 0.25) is 0 Å². The van der Waals surface area contributed by atoms with E-state index < -0.39 is 0 Å². The minimum Gasteiger partial charge on any atom is -0.507 e. The number of hydrogen-bond acceptors (Lipinski definition) is 2. The molecule has 0 radical (unpaired) electrons. The van der Waals surface area contributed by atoms with E-state index in [4.69, 9.17) is 4.74 Å². The van der Waals surface area contributed by atoms with Crippen LogP contribution in [-0.4, -0.2) is 30.4 Å². The van der Waals surface area contributed by atoms with Crippen LogP contribution in [0.4, 0.5) is 0 Å². The molecule has 0 spiro atoms. The summed E-state index contributed by atoms with van der Waals surface area (Å²) in [7, 11) is 0. The van der Waals surface area contributed by atoms with Crippen molar-refractivity contribution in [2.75, 3.05) is 13.1 Å². The maximum atomic E-state index is 10.2. The van der Waals surface area contributed by atoms with E-state index in [2.05, 4.69) is 26.0 Å². The van der Waals surface area contributed by atoms with Crippen LogP contribution in [0.1, 0.15) is 19.4 Å². The van der Waals surface area contributed by atoms with Crippen LogP contribution in [-0.2, 0) is 11.3 Å². The van der Waals surface area contributed by atoms with Gasteiger partial charge in [0.1, 0.15) is 37.6 Å². The predicted octanol–water partition coefficient (Wildman–Crippen LogP) is 1.74. The zero-order valence-electron chi connectivity index (χ0n) is 12.1. The molecule has 106 valence electrons. The van der Waals surface area contributed by atoms with E-state index in [-0.39, 0.29) is 12.2 Å². The van der Waals surface area contributed by atoms with Crippen LogP contribution in [0.25, 0.3) is 10.8 Å². The summed E-state index contributed by atoms with van der Waals surface area (Å²) < 4.78 is 5.79. The first-order chi connectivity index (χ1) is 9.63. The SMILES string of the molecule is C[C@@H]1C[NH+](Cc2c(O)ccc3ccccc23)C[C@H](C)O1. The molecule has 3 heteroatoms. The van der Waals surface area contributed by atoms with Crippen LogP contribution in [0.3, 0.4) is 0 Å². The first kappa shape index (κ1) is 13.4. The molecule has 1 unspecified atom stereocenters. The third kappa shape index (κ3) is 2.65. The first-order valence-electron chi connectivity index (χ1n) is 7.32. The maximum absolute atomic E-state index is 10.2. The molecule has 3 nitrogen and oxygen atoms in total. The Hall–Kier alpha value is -1.58. The topological polar surface area (TPSA) is 33.9 Å². The Morgan fingerprint density at radius 1 is 1.10 bits per heavy atom. The van der Waals surface area contributed by atoms with Crippen molar-refractivity contribution in [3.63, 3.8) is 0 Å². The quantitative estimate of drug-likeness (QED) is 0.873. The number of aromatic hydroxyl groups is 1. The second-order valence-corrected chi connectivity index (χ2v) is 5.88. The second kappa shape index (κ2) is 5.43. The summed E-state index contributed by atoms with van der Waals surface area (Å²) in [6.07, 6.45) is 0.566. The minimum absolute atomic E-state index is 0.283. The van der Waals surface area contributed by atoms with E-state index >= 15 is 0 Å². The van der Waals surface area contributed by atoms with Crippen LogP contribution in [0.2, 0.25) is 0 Å². The molecule has 20 heavy (non-hydrogen) atoms. The molecule has 0 aliphatic carbocycles. The molecule has 1 fully saturated rings. The smallest absolute Gasteiger partial charge is 0.125 e. The van der Waals surface area contributed by atoms with Crippen LogP contribution in [0.5, 0.6) is 5.75 Å². The Morgan fingerprint density at radius 3 is 2.55 bits per heavy atom. The lowest BCUT2D eigenvalue weighted by molar-refractivity contribution is -0.928. The number of phenolic OH excluding ortho intramolecular Hbond substituents is 1. The van der Waals surface area contributed by atoms with E-state index in [0.29, 0.717) is 5.75 Å². The zero-order valence-corrected chi connectivity index (χ0v) is 12.1. The molecule has 1 saturated heterocycles. The Balaban J connectivity index is 1.92. The lowest BCUT2D eigenvalue weighted by Gasteiger charge is -2.32. The summed E-state index contributed by atoms with van der Waals surface area (Å²) in [5.41, 5.74) is 1.06. The van der Waals surface area contributed by atoms with Crippen molar-refractivity contribution in [1.82, 2.24) is 0 Å². The zero-order chi connectivity index (χ0) is 14.1. The molecule has 1 aliphatic rings. The number of nitrogens with one attached hydrogen (secondary N) is 1. The molecule has 1 heterocycles. The van der Waals surface area contributed by atoms with Crippen molar-refractivity contribution in [2.24, 2.45) is 0 Å². The van der Waals surface area contributed by atoms with Gasteiger partial charge in [0.05, 0.1) is 5.56 Å². The molecule has 2 aromatic rings. The molecule has 1 aliphatic heterocycles. The van der Waals surface area contributed by atoms with Gasteiger partial charge < -0.3 is 14.7 Å². The van der Waals surface area contributed by atoms with E-state index in [1.54, 1.807) is 0 Å². The van der Waals surface area contributed by atoms with Gasteiger partial charge in [0, 0.05) is 0 Å². The van der Waals surface area contributed by atoms with Crippen molar-refractivity contribution in [2.45, 2.75) is 32.6 Å². The van der Waals surface area contributed by atoms with Gasteiger partial charge in [-0.3, -0.25) is 0 Å². The summed E-state index contributed by atoms with van der Waals surface area (Å²) in [6.45, 7) is 7.09. The molecule has 0 bridgehead atoms. The van der Waals surface area contributed by atoms with Gasteiger partial charge in [-0.05, 0) is 30.7 Å². The Bertz CT molecular complexity index is 601. The lowest BCUT2D eigenvalue weighted by Crippen LogP contribution is -3.14. The Labute approximate surface area is 119 Å². The number of rotatable bonds is 2. The van der Waals surface area contributed by atoms with Gasteiger partial charge in [-0.1, -0.05) is 30.3 Å². The van der Waals surface area contributed by atoms with E-state index in [0.717, 1.165) is 30.6 Å². The second-order valence-electron chi connectivity index (χ2n) is 5.88. The highest BCUT2D eigenvalue weighted by molar-refractivity contribution is 5.87. The number of ether oxygens (including phenoxy) is 1. The summed E-state index contributed by atoms with van der Waals surface area (Å²) >= 11 is 0. The summed E-state index contributed by atoms with van der Waals surface area (Å²) in [5, 5.41) is 12.6. The van der Waals surface area contributed by atoms with E-state index in [1.165, 1.54) is 10.3 Å². The van der Waals surface area contributed by atoms with Crippen molar-refractivity contribution in [1.29, 1.82) is 0 Å². The number of benzene rings is 2. The van der Waals surface area contributed by atoms with Crippen LogP contribution >= 0.6 is 0 Å². The highest BCUT2D eigenvalue weighted by Gasteiger charge is 2.26. The van der Waals surface area contributed by atoms with Crippen LogP contribution in [0, 0.1) is 0 Å². The molecular weight excluding hydrogens is 250 g/mol. The molecule has 0 saturated carbocycles. The number of hydrogen-bond donors (Lipinski definition) is 2. The van der Waals surface area contributed by atoms with Gasteiger partial charge in [0.15, 0.2) is 0 Å².